The lowest BCUT2D eigenvalue weighted by atomic mass is 10.2. The fourth-order valence-electron chi connectivity index (χ4n) is 1.32. The van der Waals surface area contributed by atoms with Gasteiger partial charge in [0.25, 0.3) is 5.91 Å². The van der Waals surface area contributed by atoms with Crippen LogP contribution in [0.1, 0.15) is 10.5 Å². The molecule has 1 N–H and O–H groups in total. The van der Waals surface area contributed by atoms with Gasteiger partial charge in [-0.3, -0.25) is 9.78 Å². The molecule has 2 aromatic rings. The van der Waals surface area contributed by atoms with Gasteiger partial charge in [0, 0.05) is 11.2 Å². The molecule has 0 saturated carbocycles. The molecule has 1 amide bonds. The van der Waals surface area contributed by atoms with Gasteiger partial charge >= 0.3 is 0 Å². The van der Waals surface area contributed by atoms with Crippen molar-refractivity contribution in [1.82, 2.24) is 4.98 Å². The maximum Gasteiger partial charge on any atom is 0.274 e. The molecule has 0 unspecified atom stereocenters. The highest BCUT2D eigenvalue weighted by Crippen LogP contribution is 2.19. The molecular weight excluding hydrogens is 262 g/mol. The first-order chi connectivity index (χ1) is 8.58. The Morgan fingerprint density at radius 3 is 2.50 bits per heavy atom. The second-order valence-electron chi connectivity index (χ2n) is 3.41. The van der Waals surface area contributed by atoms with E-state index in [-0.39, 0.29) is 5.69 Å². The van der Waals surface area contributed by atoms with Gasteiger partial charge in [-0.15, -0.1) is 0 Å². The molecule has 0 aliphatic carbocycles. The summed E-state index contributed by atoms with van der Waals surface area (Å²) < 4.78 is 26.6. The minimum absolute atomic E-state index is 0.0230. The van der Waals surface area contributed by atoms with Gasteiger partial charge in [0.05, 0.1) is 0 Å². The first-order valence-electron chi connectivity index (χ1n) is 4.95. The summed E-state index contributed by atoms with van der Waals surface area (Å²) in [6, 6.07) is 6.09. The highest BCUT2D eigenvalue weighted by atomic mass is 35.5. The molecule has 6 heteroatoms. The predicted octanol–water partition coefficient (Wildman–Crippen LogP) is 3.27. The highest BCUT2D eigenvalue weighted by molar-refractivity contribution is 6.30. The molecule has 0 aliphatic heterocycles. The normalized spacial score (nSPS) is 10.2. The second kappa shape index (κ2) is 5.10. The number of nitrogens with zero attached hydrogens (tertiary/aromatic N) is 1. The zero-order valence-electron chi connectivity index (χ0n) is 8.95. The summed E-state index contributed by atoms with van der Waals surface area (Å²) in [6.45, 7) is 0. The first-order valence-corrected chi connectivity index (χ1v) is 5.32. The summed E-state index contributed by atoms with van der Waals surface area (Å²) in [5.74, 6) is -2.45. The van der Waals surface area contributed by atoms with Gasteiger partial charge in [-0.05, 0) is 24.3 Å². The molecule has 0 fully saturated rings. The standard InChI is InChI=1S/C12H7ClF2N2O/c13-7-4-5-16-10(6-7)12(18)17-11-8(14)2-1-3-9(11)15/h1-6H,(H,17,18). The van der Waals surface area contributed by atoms with Crippen LogP contribution in [0.25, 0.3) is 0 Å². The van der Waals surface area contributed by atoms with E-state index in [1.165, 1.54) is 24.4 Å². The second-order valence-corrected chi connectivity index (χ2v) is 3.85. The van der Waals surface area contributed by atoms with Crippen molar-refractivity contribution < 1.29 is 13.6 Å². The van der Waals surface area contributed by atoms with E-state index in [1.807, 2.05) is 0 Å². The Hall–Kier alpha value is -2.01. The SMILES string of the molecule is O=C(Nc1c(F)cccc1F)c1cc(Cl)ccn1. The van der Waals surface area contributed by atoms with E-state index < -0.39 is 23.2 Å². The number of pyridine rings is 1. The third-order valence-electron chi connectivity index (χ3n) is 2.16. The summed E-state index contributed by atoms with van der Waals surface area (Å²) >= 11 is 5.69. The molecule has 0 aliphatic rings. The average molecular weight is 269 g/mol. The van der Waals surface area contributed by atoms with Crippen LogP contribution in [-0.2, 0) is 0 Å². The number of nitrogens with one attached hydrogen (secondary N) is 1. The number of amides is 1. The van der Waals surface area contributed by atoms with Gasteiger partial charge in [0.1, 0.15) is 23.0 Å². The molecule has 1 aromatic heterocycles. The molecule has 0 saturated heterocycles. The Morgan fingerprint density at radius 1 is 1.22 bits per heavy atom. The number of carbonyl (C=O) groups is 1. The van der Waals surface area contributed by atoms with Crippen molar-refractivity contribution in [3.8, 4) is 0 Å². The number of hydrogen-bond donors (Lipinski definition) is 1. The number of hydrogen-bond acceptors (Lipinski definition) is 2. The lowest BCUT2D eigenvalue weighted by Crippen LogP contribution is -2.15. The third kappa shape index (κ3) is 2.62. The van der Waals surface area contributed by atoms with Crippen LogP contribution in [0.5, 0.6) is 0 Å². The Morgan fingerprint density at radius 2 is 1.89 bits per heavy atom. The zero-order chi connectivity index (χ0) is 13.1. The van der Waals surface area contributed by atoms with Gasteiger partial charge < -0.3 is 5.32 Å². The maximum absolute atomic E-state index is 13.3. The van der Waals surface area contributed by atoms with E-state index in [9.17, 15) is 13.6 Å². The molecule has 2 rings (SSSR count). The lowest BCUT2D eigenvalue weighted by Gasteiger charge is -2.06. The molecule has 18 heavy (non-hydrogen) atoms. The van der Waals surface area contributed by atoms with Gasteiger partial charge in [-0.25, -0.2) is 8.78 Å². The Labute approximate surface area is 106 Å². The van der Waals surface area contributed by atoms with Crippen molar-refractivity contribution in [3.05, 3.63) is 58.9 Å². The van der Waals surface area contributed by atoms with Crippen molar-refractivity contribution in [2.75, 3.05) is 5.32 Å². The molecule has 0 spiro atoms. The number of halogens is 3. The van der Waals surface area contributed by atoms with Crippen LogP contribution in [0, 0.1) is 11.6 Å². The maximum atomic E-state index is 13.3. The van der Waals surface area contributed by atoms with Crippen LogP contribution >= 0.6 is 11.6 Å². The van der Waals surface area contributed by atoms with Crippen molar-refractivity contribution in [2.45, 2.75) is 0 Å². The predicted molar refractivity (Wildman–Crippen MR) is 63.6 cm³/mol. The van der Waals surface area contributed by atoms with Crippen LogP contribution in [0.2, 0.25) is 5.02 Å². The van der Waals surface area contributed by atoms with E-state index in [0.29, 0.717) is 5.02 Å². The van der Waals surface area contributed by atoms with Crippen molar-refractivity contribution in [2.24, 2.45) is 0 Å². The molecule has 0 atom stereocenters. The van der Waals surface area contributed by atoms with Crippen molar-refractivity contribution in [3.63, 3.8) is 0 Å². The summed E-state index contributed by atoms with van der Waals surface area (Å²) in [7, 11) is 0. The Bertz CT molecular complexity index is 584. The van der Waals surface area contributed by atoms with Crippen molar-refractivity contribution in [1.29, 1.82) is 0 Å². The number of benzene rings is 1. The largest absolute Gasteiger partial charge is 0.316 e. The number of anilines is 1. The van der Waals surface area contributed by atoms with E-state index in [0.717, 1.165) is 12.1 Å². The molecule has 1 aromatic carbocycles. The van der Waals surface area contributed by atoms with E-state index in [2.05, 4.69) is 10.3 Å². The molecule has 1 heterocycles. The lowest BCUT2D eigenvalue weighted by molar-refractivity contribution is 0.102. The Kier molecular flexibility index (Phi) is 3.53. The van der Waals surface area contributed by atoms with Crippen LogP contribution in [-0.4, -0.2) is 10.9 Å². The summed E-state index contributed by atoms with van der Waals surface area (Å²) in [5, 5.41) is 2.42. The monoisotopic (exact) mass is 268 g/mol. The molecular formula is C12H7ClF2N2O. The third-order valence-corrected chi connectivity index (χ3v) is 2.39. The van der Waals surface area contributed by atoms with E-state index in [1.54, 1.807) is 0 Å². The van der Waals surface area contributed by atoms with E-state index >= 15 is 0 Å². The van der Waals surface area contributed by atoms with Crippen LogP contribution in [0.4, 0.5) is 14.5 Å². The van der Waals surface area contributed by atoms with Crippen LogP contribution < -0.4 is 5.32 Å². The smallest absolute Gasteiger partial charge is 0.274 e. The summed E-state index contributed by atoms with van der Waals surface area (Å²) in [4.78, 5) is 15.5. The van der Waals surface area contributed by atoms with Gasteiger partial charge in [-0.2, -0.15) is 0 Å². The Balaban J connectivity index is 2.27. The first kappa shape index (κ1) is 12.4. The van der Waals surface area contributed by atoms with E-state index in [4.69, 9.17) is 11.6 Å². The van der Waals surface area contributed by atoms with Gasteiger partial charge in [0.15, 0.2) is 0 Å². The van der Waals surface area contributed by atoms with Crippen LogP contribution in [0.15, 0.2) is 36.5 Å². The quantitative estimate of drug-likeness (QED) is 0.908. The minimum atomic E-state index is -0.856. The highest BCUT2D eigenvalue weighted by Gasteiger charge is 2.14. The fourth-order valence-corrected chi connectivity index (χ4v) is 1.48. The fraction of sp³-hybridized carbons (Fsp3) is 0. The summed E-state index contributed by atoms with van der Waals surface area (Å²) in [5.41, 5.74) is -0.533. The molecule has 3 nitrogen and oxygen atoms in total. The number of rotatable bonds is 2. The van der Waals surface area contributed by atoms with Crippen LogP contribution in [0.3, 0.4) is 0 Å². The summed E-state index contributed by atoms with van der Waals surface area (Å²) in [6.07, 6.45) is 1.33. The topological polar surface area (TPSA) is 42.0 Å². The molecule has 0 bridgehead atoms. The molecule has 0 radical (unpaired) electrons. The van der Waals surface area contributed by atoms with Crippen molar-refractivity contribution >= 4 is 23.2 Å². The molecule has 92 valence electrons. The zero-order valence-corrected chi connectivity index (χ0v) is 9.71. The minimum Gasteiger partial charge on any atom is -0.316 e. The number of carbonyl (C=O) groups excluding carboxylic acids is 1. The number of para-hydroxylation sites is 1. The number of aromatic nitrogens is 1. The van der Waals surface area contributed by atoms with Gasteiger partial charge in [-0.1, -0.05) is 17.7 Å². The average Bonchev–Trinajstić information content (AvgIpc) is 2.34. The van der Waals surface area contributed by atoms with Gasteiger partial charge in [0.2, 0.25) is 0 Å².